The summed E-state index contributed by atoms with van der Waals surface area (Å²) in [6.45, 7) is 1.96. The SMILES string of the molecule is Cc1cccc(NC(=O)CN(CCc2c[nH]c3ccccc23)S(C)(=O)=O)c1. The average Bonchev–Trinajstić information content (AvgIpc) is 3.01. The number of nitrogens with one attached hydrogen (secondary N) is 2. The molecule has 27 heavy (non-hydrogen) atoms. The minimum Gasteiger partial charge on any atom is -0.361 e. The molecule has 1 amide bonds. The van der Waals surface area contributed by atoms with Crippen molar-refractivity contribution in [1.82, 2.24) is 9.29 Å². The second kappa shape index (κ2) is 7.94. The minimum atomic E-state index is -3.50. The summed E-state index contributed by atoms with van der Waals surface area (Å²) in [5, 5.41) is 3.82. The zero-order chi connectivity index (χ0) is 19.4. The molecule has 0 aliphatic rings. The second-order valence-electron chi connectivity index (χ2n) is 6.62. The van der Waals surface area contributed by atoms with Gasteiger partial charge in [-0.1, -0.05) is 30.3 Å². The molecule has 0 fully saturated rings. The van der Waals surface area contributed by atoms with Gasteiger partial charge in [0.05, 0.1) is 12.8 Å². The lowest BCUT2D eigenvalue weighted by Gasteiger charge is -2.19. The Labute approximate surface area is 159 Å². The van der Waals surface area contributed by atoms with Crippen LogP contribution in [-0.2, 0) is 21.2 Å². The summed E-state index contributed by atoms with van der Waals surface area (Å²) in [5.41, 5.74) is 3.71. The highest BCUT2D eigenvalue weighted by Gasteiger charge is 2.20. The summed E-state index contributed by atoms with van der Waals surface area (Å²) in [4.78, 5) is 15.5. The topological polar surface area (TPSA) is 82.3 Å². The molecule has 0 bridgehead atoms. The number of sulfonamides is 1. The first kappa shape index (κ1) is 19.1. The summed E-state index contributed by atoms with van der Waals surface area (Å²) in [5.74, 6) is -0.357. The molecule has 3 aromatic rings. The molecule has 0 saturated heterocycles. The largest absolute Gasteiger partial charge is 0.361 e. The van der Waals surface area contributed by atoms with Gasteiger partial charge in [0.1, 0.15) is 0 Å². The fourth-order valence-corrected chi connectivity index (χ4v) is 3.80. The zero-order valence-corrected chi connectivity index (χ0v) is 16.2. The van der Waals surface area contributed by atoms with Crippen molar-refractivity contribution in [2.75, 3.05) is 24.7 Å². The Bertz CT molecular complexity index is 1060. The number of hydrogen-bond donors (Lipinski definition) is 2. The summed E-state index contributed by atoms with van der Waals surface area (Å²) in [6.07, 6.45) is 3.54. The van der Waals surface area contributed by atoms with E-state index in [9.17, 15) is 13.2 Å². The van der Waals surface area contributed by atoms with Crippen molar-refractivity contribution in [3.05, 3.63) is 65.9 Å². The maximum Gasteiger partial charge on any atom is 0.239 e. The molecule has 2 aromatic carbocycles. The van der Waals surface area contributed by atoms with Crippen LogP contribution in [0, 0.1) is 6.92 Å². The number of H-pyrrole nitrogens is 1. The first-order valence-corrected chi connectivity index (χ1v) is 10.5. The highest BCUT2D eigenvalue weighted by Crippen LogP contribution is 2.19. The summed E-state index contributed by atoms with van der Waals surface area (Å²) < 4.78 is 25.5. The fourth-order valence-electron chi connectivity index (χ4n) is 3.03. The van der Waals surface area contributed by atoms with Crippen molar-refractivity contribution in [3.8, 4) is 0 Å². The quantitative estimate of drug-likeness (QED) is 0.656. The molecular formula is C20H23N3O3S. The molecule has 6 nitrogen and oxygen atoms in total. The molecule has 1 aromatic heterocycles. The Morgan fingerprint density at radius 3 is 2.67 bits per heavy atom. The Morgan fingerprint density at radius 2 is 1.93 bits per heavy atom. The molecule has 2 N–H and O–H groups in total. The van der Waals surface area contributed by atoms with Crippen LogP contribution in [0.1, 0.15) is 11.1 Å². The number of hydrogen-bond acceptors (Lipinski definition) is 3. The number of aromatic amines is 1. The van der Waals surface area contributed by atoms with Crippen LogP contribution in [0.5, 0.6) is 0 Å². The number of rotatable bonds is 7. The molecule has 0 unspecified atom stereocenters. The Balaban J connectivity index is 1.68. The predicted octanol–water partition coefficient (Wildman–Crippen LogP) is 2.92. The molecule has 0 spiro atoms. The number of carbonyl (C=O) groups excluding carboxylic acids is 1. The van der Waals surface area contributed by atoms with Gasteiger partial charge in [0.15, 0.2) is 0 Å². The molecule has 0 aliphatic heterocycles. The molecule has 7 heteroatoms. The first-order chi connectivity index (χ1) is 12.8. The zero-order valence-electron chi connectivity index (χ0n) is 15.4. The van der Waals surface area contributed by atoms with Crippen molar-refractivity contribution < 1.29 is 13.2 Å². The maximum atomic E-state index is 12.3. The summed E-state index contributed by atoms with van der Waals surface area (Å²) in [7, 11) is -3.50. The van der Waals surface area contributed by atoms with Crippen molar-refractivity contribution in [1.29, 1.82) is 0 Å². The Morgan fingerprint density at radius 1 is 1.15 bits per heavy atom. The third-order valence-electron chi connectivity index (χ3n) is 4.40. The van der Waals surface area contributed by atoms with Gasteiger partial charge in [0.2, 0.25) is 15.9 Å². The van der Waals surface area contributed by atoms with Crippen LogP contribution in [0.4, 0.5) is 5.69 Å². The highest BCUT2D eigenvalue weighted by molar-refractivity contribution is 7.88. The smallest absolute Gasteiger partial charge is 0.239 e. The van der Waals surface area contributed by atoms with Crippen LogP contribution in [-0.4, -0.2) is 43.0 Å². The fraction of sp³-hybridized carbons (Fsp3) is 0.250. The highest BCUT2D eigenvalue weighted by atomic mass is 32.2. The van der Waals surface area contributed by atoms with Gasteiger partial charge < -0.3 is 10.3 Å². The summed E-state index contributed by atoms with van der Waals surface area (Å²) in [6, 6.07) is 15.3. The van der Waals surface area contributed by atoms with E-state index in [1.165, 1.54) is 4.31 Å². The van der Waals surface area contributed by atoms with E-state index >= 15 is 0 Å². The Kier molecular flexibility index (Phi) is 5.62. The lowest BCUT2D eigenvalue weighted by molar-refractivity contribution is -0.116. The van der Waals surface area contributed by atoms with E-state index in [0.717, 1.165) is 28.3 Å². The molecule has 3 rings (SSSR count). The standard InChI is InChI=1S/C20H23N3O3S/c1-15-6-5-7-17(12-15)22-20(24)14-23(27(2,25)26)11-10-16-13-21-19-9-4-3-8-18(16)19/h3-9,12-13,21H,10-11,14H2,1-2H3,(H,22,24). The van der Waals surface area contributed by atoms with E-state index in [2.05, 4.69) is 10.3 Å². The van der Waals surface area contributed by atoms with E-state index in [1.54, 1.807) is 6.07 Å². The average molecular weight is 385 g/mol. The molecule has 0 radical (unpaired) electrons. The molecule has 0 saturated carbocycles. The number of carbonyl (C=O) groups is 1. The number of nitrogens with zero attached hydrogens (tertiary/aromatic N) is 1. The molecule has 0 atom stereocenters. The monoisotopic (exact) mass is 385 g/mol. The normalized spacial score (nSPS) is 11.8. The predicted molar refractivity (Wildman–Crippen MR) is 108 cm³/mol. The molecular weight excluding hydrogens is 362 g/mol. The van der Waals surface area contributed by atoms with Crippen LogP contribution in [0.15, 0.2) is 54.7 Å². The van der Waals surface area contributed by atoms with Gasteiger partial charge in [-0.25, -0.2) is 8.42 Å². The number of fused-ring (bicyclic) bond motifs is 1. The molecule has 142 valence electrons. The van der Waals surface area contributed by atoms with Gasteiger partial charge in [-0.3, -0.25) is 4.79 Å². The van der Waals surface area contributed by atoms with Crippen molar-refractivity contribution in [2.45, 2.75) is 13.3 Å². The number of amides is 1. The Hall–Kier alpha value is -2.64. The van der Waals surface area contributed by atoms with Crippen LogP contribution >= 0.6 is 0 Å². The molecule has 0 aliphatic carbocycles. The number of para-hydroxylation sites is 1. The van der Waals surface area contributed by atoms with Gasteiger partial charge in [-0.05, 0) is 42.7 Å². The van der Waals surface area contributed by atoms with E-state index < -0.39 is 10.0 Å². The second-order valence-corrected chi connectivity index (χ2v) is 8.61. The summed E-state index contributed by atoms with van der Waals surface area (Å²) >= 11 is 0. The van der Waals surface area contributed by atoms with E-state index in [0.29, 0.717) is 12.1 Å². The van der Waals surface area contributed by atoms with Gasteiger partial charge >= 0.3 is 0 Å². The van der Waals surface area contributed by atoms with E-state index in [1.807, 2.05) is 55.6 Å². The van der Waals surface area contributed by atoms with E-state index in [4.69, 9.17) is 0 Å². The third kappa shape index (κ3) is 4.96. The number of benzene rings is 2. The van der Waals surface area contributed by atoms with Gasteiger partial charge in [-0.15, -0.1) is 0 Å². The molecule has 1 heterocycles. The lowest BCUT2D eigenvalue weighted by Crippen LogP contribution is -2.38. The van der Waals surface area contributed by atoms with Crippen molar-refractivity contribution >= 4 is 32.5 Å². The van der Waals surface area contributed by atoms with Crippen molar-refractivity contribution in [2.24, 2.45) is 0 Å². The van der Waals surface area contributed by atoms with Crippen LogP contribution in [0.3, 0.4) is 0 Å². The van der Waals surface area contributed by atoms with E-state index in [-0.39, 0.29) is 19.0 Å². The van der Waals surface area contributed by atoms with Crippen LogP contribution < -0.4 is 5.32 Å². The third-order valence-corrected chi connectivity index (χ3v) is 5.65. The van der Waals surface area contributed by atoms with Gasteiger partial charge in [-0.2, -0.15) is 4.31 Å². The number of aromatic nitrogens is 1. The number of anilines is 1. The van der Waals surface area contributed by atoms with Crippen LogP contribution in [0.25, 0.3) is 10.9 Å². The minimum absolute atomic E-state index is 0.213. The van der Waals surface area contributed by atoms with Crippen LogP contribution in [0.2, 0.25) is 0 Å². The lowest BCUT2D eigenvalue weighted by atomic mass is 10.1. The van der Waals surface area contributed by atoms with Gasteiger partial charge in [0.25, 0.3) is 0 Å². The first-order valence-electron chi connectivity index (χ1n) is 8.69. The number of aryl methyl sites for hydroxylation is 1. The van der Waals surface area contributed by atoms with Gasteiger partial charge in [0, 0.05) is 29.3 Å². The van der Waals surface area contributed by atoms with Crippen molar-refractivity contribution in [3.63, 3.8) is 0 Å². The maximum absolute atomic E-state index is 12.3.